The Bertz CT molecular complexity index is 995. The summed E-state index contributed by atoms with van der Waals surface area (Å²) in [5, 5.41) is 43.9. The van der Waals surface area contributed by atoms with Gasteiger partial charge in [-0.05, 0) is 23.5 Å². The number of ether oxygens (including phenoxy) is 1. The third-order valence-corrected chi connectivity index (χ3v) is 5.75. The minimum absolute atomic E-state index is 0.0404. The first-order valence-corrected chi connectivity index (χ1v) is 11.7. The van der Waals surface area contributed by atoms with Gasteiger partial charge in [-0.3, -0.25) is 9.59 Å². The van der Waals surface area contributed by atoms with Gasteiger partial charge < -0.3 is 35.5 Å². The van der Waals surface area contributed by atoms with Crippen LogP contribution in [0.2, 0.25) is 0 Å². The number of H-pyrrole nitrogens is 1. The molecule has 0 fully saturated rings. The second-order valence-electron chi connectivity index (χ2n) is 9.80. The van der Waals surface area contributed by atoms with Gasteiger partial charge in [0.1, 0.15) is 24.4 Å². The first-order valence-electron chi connectivity index (χ1n) is 11.7. The number of fused-ring (bicyclic) bond motifs is 1. The number of amides is 1. The van der Waals surface area contributed by atoms with Crippen molar-refractivity contribution >= 4 is 22.6 Å². The van der Waals surface area contributed by atoms with Crippen LogP contribution >= 0.6 is 0 Å². The quantitative estimate of drug-likeness (QED) is 0.230. The van der Waals surface area contributed by atoms with E-state index in [2.05, 4.69) is 10.3 Å². The van der Waals surface area contributed by atoms with Crippen LogP contribution in [0.5, 0.6) is 0 Å². The van der Waals surface area contributed by atoms with E-state index in [0.717, 1.165) is 16.5 Å². The zero-order valence-corrected chi connectivity index (χ0v) is 20.8. The highest BCUT2D eigenvalue weighted by molar-refractivity contribution is 5.90. The van der Waals surface area contributed by atoms with E-state index < -0.39 is 42.0 Å². The first kappa shape index (κ1) is 28.7. The topological polar surface area (TPSA) is 152 Å². The van der Waals surface area contributed by atoms with Crippen LogP contribution < -0.4 is 5.32 Å². The number of methoxy groups -OCH3 is 1. The van der Waals surface area contributed by atoms with Crippen molar-refractivity contribution in [1.82, 2.24) is 10.3 Å². The van der Waals surface area contributed by atoms with Gasteiger partial charge in [0.2, 0.25) is 5.91 Å². The van der Waals surface area contributed by atoms with Gasteiger partial charge >= 0.3 is 0 Å². The van der Waals surface area contributed by atoms with Crippen LogP contribution in [0, 0.1) is 11.3 Å². The molecule has 9 heteroatoms. The van der Waals surface area contributed by atoms with Crippen molar-refractivity contribution in [3.05, 3.63) is 48.2 Å². The van der Waals surface area contributed by atoms with Crippen molar-refractivity contribution in [2.45, 2.75) is 58.0 Å². The second kappa shape index (κ2) is 12.9. The number of benzene rings is 1. The number of aromatic amines is 1. The maximum atomic E-state index is 13.1. The maximum absolute atomic E-state index is 13.1. The predicted molar refractivity (Wildman–Crippen MR) is 133 cm³/mol. The number of rotatable bonds is 13. The summed E-state index contributed by atoms with van der Waals surface area (Å²) in [6, 6.07) is 7.58. The molecule has 9 nitrogen and oxygen atoms in total. The number of aliphatic hydroxyl groups is 4. The monoisotopic (exact) mass is 490 g/mol. The molecule has 35 heavy (non-hydrogen) atoms. The molecule has 1 amide bonds. The van der Waals surface area contributed by atoms with Crippen molar-refractivity contribution in [2.24, 2.45) is 11.3 Å². The average molecular weight is 491 g/mol. The number of aromatic nitrogens is 1. The van der Waals surface area contributed by atoms with E-state index in [4.69, 9.17) is 9.84 Å². The largest absolute Gasteiger partial charge is 0.395 e. The van der Waals surface area contributed by atoms with Crippen molar-refractivity contribution in [2.75, 3.05) is 20.3 Å². The zero-order valence-electron chi connectivity index (χ0n) is 20.8. The van der Waals surface area contributed by atoms with E-state index in [9.17, 15) is 24.9 Å². The molecular weight excluding hydrogens is 452 g/mol. The summed E-state index contributed by atoms with van der Waals surface area (Å²) >= 11 is 0. The summed E-state index contributed by atoms with van der Waals surface area (Å²) in [5.41, 5.74) is 1.49. The van der Waals surface area contributed by atoms with E-state index in [1.54, 1.807) is 12.3 Å². The number of hydrogen-bond donors (Lipinski definition) is 6. The summed E-state index contributed by atoms with van der Waals surface area (Å²) in [7, 11) is 1.22. The molecule has 0 unspecified atom stereocenters. The molecule has 194 valence electrons. The van der Waals surface area contributed by atoms with Gasteiger partial charge in [-0.15, -0.1) is 0 Å². The fourth-order valence-corrected chi connectivity index (χ4v) is 3.85. The van der Waals surface area contributed by atoms with E-state index in [0.29, 0.717) is 0 Å². The lowest BCUT2D eigenvalue weighted by Gasteiger charge is -2.28. The third kappa shape index (κ3) is 8.26. The first-order chi connectivity index (χ1) is 16.5. The standard InChI is InChI=1S/C26H38N2O7/c1-26(2,3)10-9-20(30)22(32)23(33)24(35-4)21(31)14-16(25(34)27-11-12-29)13-17-15-28-19-8-6-5-7-18(17)19/h5-10,15-16,20,22-24,28-30,32-33H,11-14H2,1-4H3,(H,27,34)/b10-9+/t16-,20-,22+,23-,24+/m1/s1. The minimum atomic E-state index is -1.71. The SMILES string of the molecule is CO[C@@H](C(=O)C[C@@H](Cc1c[nH]c2ccccc12)C(=O)NCCO)[C@H](O)[C@@H](O)[C@H](O)/C=C/C(C)(C)C. The van der Waals surface area contributed by atoms with E-state index >= 15 is 0 Å². The Morgan fingerprint density at radius 1 is 1.14 bits per heavy atom. The van der Waals surface area contributed by atoms with Crippen LogP contribution in [0.25, 0.3) is 10.9 Å². The number of nitrogens with one attached hydrogen (secondary N) is 2. The van der Waals surface area contributed by atoms with E-state index in [1.165, 1.54) is 13.2 Å². The molecular formula is C26H38N2O7. The highest BCUT2D eigenvalue weighted by Gasteiger charge is 2.37. The van der Waals surface area contributed by atoms with Gasteiger partial charge in [-0.1, -0.05) is 51.1 Å². The molecule has 1 heterocycles. The van der Waals surface area contributed by atoms with Gasteiger partial charge in [0.05, 0.1) is 6.61 Å². The van der Waals surface area contributed by atoms with Gasteiger partial charge in [0, 0.05) is 43.1 Å². The fraction of sp³-hybridized carbons (Fsp3) is 0.538. The molecule has 1 aromatic carbocycles. The molecule has 0 radical (unpaired) electrons. The fourth-order valence-electron chi connectivity index (χ4n) is 3.85. The number of allylic oxidation sites excluding steroid dienone is 1. The Labute approximate surface area is 205 Å². The zero-order chi connectivity index (χ0) is 26.2. The van der Waals surface area contributed by atoms with Crippen molar-refractivity contribution in [3.63, 3.8) is 0 Å². The summed E-state index contributed by atoms with van der Waals surface area (Å²) in [6.45, 7) is 5.53. The van der Waals surface area contributed by atoms with Gasteiger partial charge in [-0.2, -0.15) is 0 Å². The number of Topliss-reactive ketones (excluding diaryl/α,β-unsaturated/α-hetero) is 1. The Morgan fingerprint density at radius 3 is 2.46 bits per heavy atom. The second-order valence-corrected chi connectivity index (χ2v) is 9.80. The lowest BCUT2D eigenvalue weighted by molar-refractivity contribution is -0.149. The lowest BCUT2D eigenvalue weighted by atomic mass is 9.89. The molecule has 0 aliphatic rings. The summed E-state index contributed by atoms with van der Waals surface area (Å²) in [4.78, 5) is 29.1. The summed E-state index contributed by atoms with van der Waals surface area (Å²) < 4.78 is 5.19. The van der Waals surface area contributed by atoms with Gasteiger partial charge in [0.15, 0.2) is 5.78 Å². The Balaban J connectivity index is 2.19. The molecule has 0 aliphatic carbocycles. The molecule has 0 aliphatic heterocycles. The maximum Gasteiger partial charge on any atom is 0.223 e. The highest BCUT2D eigenvalue weighted by atomic mass is 16.5. The average Bonchev–Trinajstić information content (AvgIpc) is 3.22. The van der Waals surface area contributed by atoms with E-state index in [1.807, 2.05) is 45.0 Å². The van der Waals surface area contributed by atoms with Crippen LogP contribution in [-0.2, 0) is 20.7 Å². The van der Waals surface area contributed by atoms with Crippen LogP contribution in [0.4, 0.5) is 0 Å². The Kier molecular flexibility index (Phi) is 10.6. The Hall–Kier alpha value is -2.56. The third-order valence-electron chi connectivity index (χ3n) is 5.75. The lowest BCUT2D eigenvalue weighted by Crippen LogP contribution is -2.49. The molecule has 0 saturated carbocycles. The minimum Gasteiger partial charge on any atom is -0.395 e. The number of hydrogen-bond acceptors (Lipinski definition) is 7. The molecule has 0 spiro atoms. The van der Waals surface area contributed by atoms with Gasteiger partial charge in [0.25, 0.3) is 0 Å². The van der Waals surface area contributed by atoms with Crippen molar-refractivity contribution < 1.29 is 34.8 Å². The predicted octanol–water partition coefficient (Wildman–Crippen LogP) is 1.09. The smallest absolute Gasteiger partial charge is 0.223 e. The number of para-hydroxylation sites is 1. The molecule has 1 aromatic heterocycles. The van der Waals surface area contributed by atoms with Crippen LogP contribution in [0.3, 0.4) is 0 Å². The van der Waals surface area contributed by atoms with Crippen LogP contribution in [0.15, 0.2) is 42.6 Å². The Morgan fingerprint density at radius 2 is 1.83 bits per heavy atom. The van der Waals surface area contributed by atoms with Crippen LogP contribution in [0.1, 0.15) is 32.8 Å². The summed E-state index contributed by atoms with van der Waals surface area (Å²) in [6.07, 6.45) is -1.42. The molecule has 0 saturated heterocycles. The highest BCUT2D eigenvalue weighted by Crippen LogP contribution is 2.24. The number of aliphatic hydroxyl groups excluding tert-OH is 4. The van der Waals surface area contributed by atoms with E-state index in [-0.39, 0.29) is 31.4 Å². The molecule has 6 N–H and O–H groups in total. The number of carbonyl (C=O) groups excluding carboxylic acids is 2. The molecule has 2 aromatic rings. The number of carbonyl (C=O) groups is 2. The van der Waals surface area contributed by atoms with Crippen molar-refractivity contribution in [1.29, 1.82) is 0 Å². The number of ketones is 1. The molecule has 0 bridgehead atoms. The molecule has 2 rings (SSSR count). The normalized spacial score (nSPS) is 16.7. The van der Waals surface area contributed by atoms with Crippen LogP contribution in [-0.4, -0.2) is 81.8 Å². The molecule has 5 atom stereocenters. The van der Waals surface area contributed by atoms with Gasteiger partial charge in [-0.25, -0.2) is 0 Å². The van der Waals surface area contributed by atoms with Crippen molar-refractivity contribution in [3.8, 4) is 0 Å². The summed E-state index contributed by atoms with van der Waals surface area (Å²) in [5.74, 6) is -1.81.